The van der Waals surface area contributed by atoms with E-state index in [1.54, 1.807) is 18.3 Å². The van der Waals surface area contributed by atoms with Gasteiger partial charge in [-0.25, -0.2) is 4.79 Å². The maximum atomic E-state index is 13.0. The molecule has 0 aromatic heterocycles. The van der Waals surface area contributed by atoms with Crippen molar-refractivity contribution in [3.63, 3.8) is 0 Å². The van der Waals surface area contributed by atoms with Crippen LogP contribution in [0.2, 0.25) is 0 Å². The molecule has 1 aliphatic heterocycles. The van der Waals surface area contributed by atoms with Crippen molar-refractivity contribution >= 4 is 29.4 Å². The van der Waals surface area contributed by atoms with Crippen LogP contribution in [0, 0.1) is 0 Å². The number of ketones is 1. The smallest absolute Gasteiger partial charge is 0.377 e. The van der Waals surface area contributed by atoms with E-state index in [1.165, 1.54) is 0 Å². The number of hydrogen-bond donors (Lipinski definition) is 2. The monoisotopic (exact) mass is 454 g/mol. The van der Waals surface area contributed by atoms with Crippen LogP contribution in [0.5, 0.6) is 0 Å². The van der Waals surface area contributed by atoms with Crippen molar-refractivity contribution in [2.45, 2.75) is 38.1 Å². The predicted molar refractivity (Wildman–Crippen MR) is 132 cm³/mol. The fraction of sp³-hybridized carbons (Fsp3) is 0.214. The molecule has 0 radical (unpaired) electrons. The van der Waals surface area contributed by atoms with E-state index in [9.17, 15) is 14.4 Å². The molecule has 6 heteroatoms. The molecule has 0 spiro atoms. The lowest BCUT2D eigenvalue weighted by atomic mass is 9.84. The number of hydrogen-bond acceptors (Lipinski definition) is 4. The summed E-state index contributed by atoms with van der Waals surface area (Å²) in [6.45, 7) is 0. The van der Waals surface area contributed by atoms with Gasteiger partial charge in [0.05, 0.1) is 6.04 Å². The number of fused-ring (bicyclic) bond motifs is 1. The molecule has 0 fully saturated rings. The topological polar surface area (TPSA) is 95.8 Å². The average molecular weight is 455 g/mol. The molecule has 0 saturated heterocycles. The molecule has 1 atom stereocenters. The first kappa shape index (κ1) is 23.1. The van der Waals surface area contributed by atoms with Crippen molar-refractivity contribution in [3.05, 3.63) is 101 Å². The number of nitrogens with one attached hydrogen (secondary N) is 1. The van der Waals surface area contributed by atoms with E-state index in [2.05, 4.69) is 16.4 Å². The maximum absolute atomic E-state index is 13.0. The summed E-state index contributed by atoms with van der Waals surface area (Å²) in [6.07, 6.45) is 12.5. The van der Waals surface area contributed by atoms with Crippen LogP contribution in [0.1, 0.15) is 58.8 Å². The number of aliphatic imine (C=N–C) groups is 1. The number of carbonyl (C=O) groups excluding carboxylic acids is 2. The quantitative estimate of drug-likeness (QED) is 0.441. The number of amides is 1. The Morgan fingerprint density at radius 2 is 1.88 bits per heavy atom. The van der Waals surface area contributed by atoms with Gasteiger partial charge in [0.25, 0.3) is 5.78 Å². The molecule has 2 N–H and O–H groups in total. The molecule has 2 aromatic rings. The van der Waals surface area contributed by atoms with Crippen LogP contribution in [-0.2, 0) is 16.0 Å². The fourth-order valence-electron chi connectivity index (χ4n) is 4.39. The van der Waals surface area contributed by atoms with E-state index < -0.39 is 11.8 Å². The number of aliphatic carboxylic acids is 1. The second-order valence-corrected chi connectivity index (χ2v) is 8.24. The lowest BCUT2D eigenvalue weighted by Gasteiger charge is -2.22. The van der Waals surface area contributed by atoms with Crippen molar-refractivity contribution < 1.29 is 19.5 Å². The van der Waals surface area contributed by atoms with Crippen molar-refractivity contribution in [1.29, 1.82) is 0 Å². The van der Waals surface area contributed by atoms with Gasteiger partial charge in [-0.3, -0.25) is 14.6 Å². The zero-order chi connectivity index (χ0) is 23.9. The SMILES string of the molecule is O=C(CCC1=CCCc2c(C(=O)C(=O)O)cccc21)NC(C1=CN=CCC=C1)c1ccccc1. The highest BCUT2D eigenvalue weighted by atomic mass is 16.4. The van der Waals surface area contributed by atoms with E-state index >= 15 is 0 Å². The lowest BCUT2D eigenvalue weighted by molar-refractivity contribution is -0.131. The summed E-state index contributed by atoms with van der Waals surface area (Å²) in [6, 6.07) is 14.6. The molecule has 1 amide bonds. The Kier molecular flexibility index (Phi) is 7.28. The molecule has 1 aliphatic carbocycles. The van der Waals surface area contributed by atoms with Crippen molar-refractivity contribution in [2.24, 2.45) is 4.99 Å². The van der Waals surface area contributed by atoms with Gasteiger partial charge >= 0.3 is 5.97 Å². The summed E-state index contributed by atoms with van der Waals surface area (Å²) < 4.78 is 0. The second-order valence-electron chi connectivity index (χ2n) is 8.24. The van der Waals surface area contributed by atoms with E-state index in [-0.39, 0.29) is 23.9 Å². The Bertz CT molecular complexity index is 1220. The minimum atomic E-state index is -1.46. The van der Waals surface area contributed by atoms with E-state index in [0.717, 1.165) is 34.3 Å². The molecular weight excluding hydrogens is 428 g/mol. The summed E-state index contributed by atoms with van der Waals surface area (Å²) in [5, 5.41) is 12.3. The molecule has 0 bridgehead atoms. The van der Waals surface area contributed by atoms with Crippen LogP contribution in [0.3, 0.4) is 0 Å². The first-order chi connectivity index (χ1) is 16.5. The first-order valence-corrected chi connectivity index (χ1v) is 11.4. The Morgan fingerprint density at radius 1 is 1.06 bits per heavy atom. The summed E-state index contributed by atoms with van der Waals surface area (Å²) in [4.78, 5) is 40.7. The summed E-state index contributed by atoms with van der Waals surface area (Å²) in [5.74, 6) is -2.45. The highest BCUT2D eigenvalue weighted by molar-refractivity contribution is 6.40. The number of carboxylic acids is 1. The van der Waals surface area contributed by atoms with Crippen LogP contribution < -0.4 is 5.32 Å². The van der Waals surface area contributed by atoms with Gasteiger partial charge in [-0.1, -0.05) is 66.8 Å². The Balaban J connectivity index is 1.49. The molecule has 2 aromatic carbocycles. The molecule has 1 unspecified atom stereocenters. The minimum Gasteiger partial charge on any atom is -0.475 e. The van der Waals surface area contributed by atoms with Gasteiger partial charge in [0, 0.05) is 30.8 Å². The average Bonchev–Trinajstić information content (AvgIpc) is 3.15. The van der Waals surface area contributed by atoms with Crippen LogP contribution >= 0.6 is 0 Å². The zero-order valence-electron chi connectivity index (χ0n) is 18.7. The maximum Gasteiger partial charge on any atom is 0.377 e. The Labute approximate surface area is 198 Å². The number of rotatable bonds is 8. The van der Waals surface area contributed by atoms with Gasteiger partial charge in [-0.2, -0.15) is 0 Å². The number of nitrogens with zero attached hydrogens (tertiary/aromatic N) is 1. The molecule has 4 rings (SSSR count). The zero-order valence-corrected chi connectivity index (χ0v) is 18.7. The normalized spacial score (nSPS) is 15.4. The Morgan fingerprint density at radius 3 is 2.68 bits per heavy atom. The van der Waals surface area contributed by atoms with E-state index in [0.29, 0.717) is 19.3 Å². The van der Waals surface area contributed by atoms with Gasteiger partial charge in [-0.05, 0) is 47.1 Å². The van der Waals surface area contributed by atoms with Gasteiger partial charge in [0.15, 0.2) is 0 Å². The second kappa shape index (κ2) is 10.7. The van der Waals surface area contributed by atoms with Crippen LogP contribution in [0.15, 0.2) is 83.5 Å². The van der Waals surface area contributed by atoms with E-state index in [4.69, 9.17) is 5.11 Å². The molecule has 6 nitrogen and oxygen atoms in total. The highest BCUT2D eigenvalue weighted by Crippen LogP contribution is 2.32. The van der Waals surface area contributed by atoms with Crippen LogP contribution in [0.4, 0.5) is 0 Å². The molecule has 34 heavy (non-hydrogen) atoms. The molecule has 2 aliphatic rings. The number of carboxylic acid groups (broad SMARTS) is 1. The summed E-state index contributed by atoms with van der Waals surface area (Å²) in [7, 11) is 0. The highest BCUT2D eigenvalue weighted by Gasteiger charge is 2.24. The largest absolute Gasteiger partial charge is 0.475 e. The van der Waals surface area contributed by atoms with Gasteiger partial charge in [0.1, 0.15) is 0 Å². The van der Waals surface area contributed by atoms with Gasteiger partial charge < -0.3 is 10.4 Å². The third-order valence-corrected chi connectivity index (χ3v) is 6.02. The molecular formula is C28H26N2O4. The van der Waals surface area contributed by atoms with Crippen molar-refractivity contribution in [3.8, 4) is 0 Å². The molecule has 0 saturated carbocycles. The van der Waals surface area contributed by atoms with E-state index in [1.807, 2.05) is 54.8 Å². The van der Waals surface area contributed by atoms with Crippen molar-refractivity contribution in [1.82, 2.24) is 5.32 Å². The summed E-state index contributed by atoms with van der Waals surface area (Å²) in [5.41, 5.74) is 4.69. The standard InChI is InChI=1S/C28H26N2O4/c31-25(30-26(20-8-2-1-3-9-20)21-10-4-5-17-29-18-21)16-15-19-11-6-13-23-22(19)12-7-14-24(23)27(32)28(33)34/h1-4,7-12,14,17-18,26H,5-6,13,15-16H2,(H,30,31)(H,33,34). The third kappa shape index (κ3) is 5.29. The third-order valence-electron chi connectivity index (χ3n) is 6.02. The number of benzene rings is 2. The molecule has 172 valence electrons. The number of allylic oxidation sites excluding steroid dienone is 3. The predicted octanol–water partition coefficient (Wildman–Crippen LogP) is 4.84. The lowest BCUT2D eigenvalue weighted by Crippen LogP contribution is -2.29. The first-order valence-electron chi connectivity index (χ1n) is 11.4. The molecule has 1 heterocycles. The number of carbonyl (C=O) groups is 3. The minimum absolute atomic E-state index is 0.0952. The van der Waals surface area contributed by atoms with Gasteiger partial charge in [-0.15, -0.1) is 0 Å². The van der Waals surface area contributed by atoms with Crippen LogP contribution in [0.25, 0.3) is 5.57 Å². The fourth-order valence-corrected chi connectivity index (χ4v) is 4.39. The Hall–Kier alpha value is -4.06. The van der Waals surface area contributed by atoms with Gasteiger partial charge in [0.2, 0.25) is 5.91 Å². The number of Topliss-reactive ketones (excluding diaryl/α,β-unsaturated/α-hetero) is 1. The van der Waals surface area contributed by atoms with Crippen molar-refractivity contribution in [2.75, 3.05) is 0 Å². The summed E-state index contributed by atoms with van der Waals surface area (Å²) >= 11 is 0. The van der Waals surface area contributed by atoms with Crippen LogP contribution in [-0.4, -0.2) is 29.0 Å².